The molecule has 0 aliphatic carbocycles. The summed E-state index contributed by atoms with van der Waals surface area (Å²) >= 11 is 1.24. The Kier molecular flexibility index (Phi) is 4.96. The molecule has 3 heterocycles. The minimum absolute atomic E-state index is 0.0155. The highest BCUT2D eigenvalue weighted by atomic mass is 32.2. The Bertz CT molecular complexity index is 1150. The maximum absolute atomic E-state index is 12.5. The van der Waals surface area contributed by atoms with Crippen molar-refractivity contribution >= 4 is 40.3 Å². The van der Waals surface area contributed by atoms with Gasteiger partial charge in [-0.15, -0.1) is 0 Å². The second-order valence-electron chi connectivity index (χ2n) is 6.09. The molecule has 3 aromatic rings. The van der Waals surface area contributed by atoms with Gasteiger partial charge in [-0.25, -0.2) is 4.99 Å². The van der Waals surface area contributed by atoms with Crippen molar-refractivity contribution in [1.82, 2.24) is 9.88 Å². The number of rotatable bonds is 4. The molecule has 8 nitrogen and oxygen atoms in total. The number of aromatic nitrogens is 1. The molecule has 1 fully saturated rings. The Hall–Kier alpha value is -3.72. The molecule has 2 aromatic heterocycles. The minimum Gasteiger partial charge on any atom is -0.457 e. The number of amides is 1. The van der Waals surface area contributed by atoms with Crippen LogP contribution in [0.3, 0.4) is 0 Å². The van der Waals surface area contributed by atoms with Crippen LogP contribution in [0.5, 0.6) is 0 Å². The van der Waals surface area contributed by atoms with Gasteiger partial charge in [0.05, 0.1) is 21.7 Å². The highest BCUT2D eigenvalue weighted by Gasteiger charge is 2.30. The highest BCUT2D eigenvalue weighted by Crippen LogP contribution is 2.34. The Morgan fingerprint density at radius 1 is 1.24 bits per heavy atom. The fourth-order valence-corrected chi connectivity index (χ4v) is 3.64. The molecule has 0 bridgehead atoms. The lowest BCUT2D eigenvalue weighted by Crippen LogP contribution is -2.23. The van der Waals surface area contributed by atoms with Gasteiger partial charge in [0.15, 0.2) is 5.17 Å². The van der Waals surface area contributed by atoms with E-state index in [9.17, 15) is 14.9 Å². The number of pyridine rings is 1. The van der Waals surface area contributed by atoms with Crippen LogP contribution in [-0.2, 0) is 4.79 Å². The van der Waals surface area contributed by atoms with Gasteiger partial charge in [0, 0.05) is 37.0 Å². The molecule has 0 unspecified atom stereocenters. The number of aliphatic imine (C=N–C) groups is 1. The topological polar surface area (TPSA) is 102 Å². The largest absolute Gasteiger partial charge is 0.457 e. The predicted molar refractivity (Wildman–Crippen MR) is 110 cm³/mol. The van der Waals surface area contributed by atoms with Crippen molar-refractivity contribution in [1.29, 1.82) is 0 Å². The third-order valence-corrected chi connectivity index (χ3v) is 5.18. The number of hydrogen-bond donors (Lipinski definition) is 0. The van der Waals surface area contributed by atoms with Gasteiger partial charge in [0.25, 0.3) is 11.6 Å². The molecule has 0 N–H and O–H groups in total. The quantitative estimate of drug-likeness (QED) is 0.359. The van der Waals surface area contributed by atoms with E-state index in [4.69, 9.17) is 4.42 Å². The average Bonchev–Trinajstić information content (AvgIpc) is 3.30. The number of nitro benzene ring substituents is 1. The summed E-state index contributed by atoms with van der Waals surface area (Å²) in [7, 11) is 1.65. The summed E-state index contributed by atoms with van der Waals surface area (Å²) < 4.78 is 5.77. The standard InChI is InChI=1S/C20H14N4O4S/c1-23-19(25)18(29-20(23)22-14-5-3-9-21-12-14)11-16-7-8-17(28-16)13-4-2-6-15(10-13)24(26)27/h2-12H,1H3/b18-11+,22-20?. The third-order valence-electron chi connectivity index (χ3n) is 4.12. The second-order valence-corrected chi connectivity index (χ2v) is 7.10. The van der Waals surface area contributed by atoms with Crippen molar-refractivity contribution in [3.63, 3.8) is 0 Å². The molecular weight excluding hydrogens is 392 g/mol. The number of nitrogens with zero attached hydrogens (tertiary/aromatic N) is 4. The molecule has 0 saturated carbocycles. The summed E-state index contributed by atoms with van der Waals surface area (Å²) in [5.74, 6) is 0.762. The van der Waals surface area contributed by atoms with Gasteiger partial charge in [-0.2, -0.15) is 0 Å². The van der Waals surface area contributed by atoms with Crippen LogP contribution in [0.25, 0.3) is 17.4 Å². The molecule has 0 atom stereocenters. The number of nitro groups is 1. The summed E-state index contributed by atoms with van der Waals surface area (Å²) in [6.07, 6.45) is 4.91. The first-order valence-corrected chi connectivity index (χ1v) is 9.34. The van der Waals surface area contributed by atoms with Crippen LogP contribution in [-0.4, -0.2) is 32.9 Å². The van der Waals surface area contributed by atoms with Gasteiger partial charge >= 0.3 is 0 Å². The van der Waals surface area contributed by atoms with E-state index in [1.54, 1.807) is 61.9 Å². The van der Waals surface area contributed by atoms with Crippen molar-refractivity contribution in [3.8, 4) is 11.3 Å². The summed E-state index contributed by atoms with van der Waals surface area (Å²) in [6.45, 7) is 0. The number of carbonyl (C=O) groups excluding carboxylic acids is 1. The number of thioether (sulfide) groups is 1. The third kappa shape index (κ3) is 3.94. The van der Waals surface area contributed by atoms with Crippen molar-refractivity contribution < 1.29 is 14.1 Å². The van der Waals surface area contributed by atoms with Gasteiger partial charge < -0.3 is 4.42 Å². The normalized spacial score (nSPS) is 16.7. The van der Waals surface area contributed by atoms with E-state index < -0.39 is 4.92 Å². The van der Waals surface area contributed by atoms with E-state index in [1.165, 1.54) is 28.8 Å². The fourth-order valence-electron chi connectivity index (χ4n) is 2.67. The van der Waals surface area contributed by atoms with Gasteiger partial charge in [0.2, 0.25) is 0 Å². The number of benzene rings is 1. The number of amidine groups is 1. The van der Waals surface area contributed by atoms with Crippen LogP contribution in [0.2, 0.25) is 0 Å². The first-order valence-electron chi connectivity index (χ1n) is 8.52. The number of non-ortho nitro benzene ring substituents is 1. The van der Waals surface area contributed by atoms with Gasteiger partial charge in [-0.3, -0.25) is 24.8 Å². The van der Waals surface area contributed by atoms with Crippen LogP contribution >= 0.6 is 11.8 Å². The SMILES string of the molecule is CN1C(=O)/C(=C\c2ccc(-c3cccc([N+](=O)[O-])c3)o2)SC1=Nc1cccnc1. The minimum atomic E-state index is -0.456. The molecule has 1 aliphatic heterocycles. The lowest BCUT2D eigenvalue weighted by atomic mass is 10.1. The van der Waals surface area contributed by atoms with Crippen molar-refractivity contribution in [2.24, 2.45) is 4.99 Å². The first-order chi connectivity index (χ1) is 14.0. The van der Waals surface area contributed by atoms with E-state index in [0.29, 0.717) is 32.8 Å². The molecule has 1 aliphatic rings. The molecule has 0 radical (unpaired) electrons. The zero-order chi connectivity index (χ0) is 20.4. The average molecular weight is 406 g/mol. The highest BCUT2D eigenvalue weighted by molar-refractivity contribution is 8.18. The number of furan rings is 1. The Morgan fingerprint density at radius 2 is 2.10 bits per heavy atom. The summed E-state index contributed by atoms with van der Waals surface area (Å²) in [5, 5.41) is 11.5. The van der Waals surface area contributed by atoms with Crippen LogP contribution in [0.4, 0.5) is 11.4 Å². The lowest BCUT2D eigenvalue weighted by Gasteiger charge is -2.06. The zero-order valence-corrected chi connectivity index (χ0v) is 16.0. The van der Waals surface area contributed by atoms with Crippen LogP contribution in [0, 0.1) is 10.1 Å². The molecule has 1 saturated heterocycles. The maximum Gasteiger partial charge on any atom is 0.270 e. The molecule has 9 heteroatoms. The molecule has 1 amide bonds. The smallest absolute Gasteiger partial charge is 0.270 e. The zero-order valence-electron chi connectivity index (χ0n) is 15.2. The first kappa shape index (κ1) is 18.6. The van der Waals surface area contributed by atoms with Crippen LogP contribution in [0.15, 0.2) is 75.2 Å². The van der Waals surface area contributed by atoms with Crippen molar-refractivity contribution in [3.05, 3.63) is 81.7 Å². The van der Waals surface area contributed by atoms with E-state index in [2.05, 4.69) is 9.98 Å². The summed E-state index contributed by atoms with van der Waals surface area (Å²) in [6, 6.07) is 13.2. The van der Waals surface area contributed by atoms with E-state index in [-0.39, 0.29) is 11.6 Å². The molecular formula is C20H14N4O4S. The van der Waals surface area contributed by atoms with Crippen molar-refractivity contribution in [2.75, 3.05) is 7.05 Å². The Labute approximate surface area is 169 Å². The predicted octanol–water partition coefficient (Wildman–Crippen LogP) is 4.48. The van der Waals surface area contributed by atoms with Gasteiger partial charge in [-0.05, 0) is 36.0 Å². The van der Waals surface area contributed by atoms with E-state index >= 15 is 0 Å². The molecule has 0 spiro atoms. The lowest BCUT2D eigenvalue weighted by molar-refractivity contribution is -0.384. The summed E-state index contributed by atoms with van der Waals surface area (Å²) in [4.78, 5) is 33.4. The molecule has 4 rings (SSSR count). The van der Waals surface area contributed by atoms with E-state index in [0.717, 1.165) is 0 Å². The van der Waals surface area contributed by atoms with Gasteiger partial charge in [0.1, 0.15) is 11.5 Å². The number of hydrogen-bond acceptors (Lipinski definition) is 7. The van der Waals surface area contributed by atoms with E-state index in [1.807, 2.05) is 0 Å². The Morgan fingerprint density at radius 3 is 2.86 bits per heavy atom. The fraction of sp³-hybridized carbons (Fsp3) is 0.0500. The summed E-state index contributed by atoms with van der Waals surface area (Å²) in [5.41, 5.74) is 1.23. The maximum atomic E-state index is 12.5. The van der Waals surface area contributed by atoms with Crippen molar-refractivity contribution in [2.45, 2.75) is 0 Å². The number of carbonyl (C=O) groups is 1. The number of likely N-dealkylation sites (N-methyl/N-ethyl adjacent to an activating group) is 1. The molecule has 1 aromatic carbocycles. The Balaban J connectivity index is 1.59. The van der Waals surface area contributed by atoms with Crippen LogP contribution in [0.1, 0.15) is 5.76 Å². The second kappa shape index (κ2) is 7.72. The monoisotopic (exact) mass is 406 g/mol. The molecule has 29 heavy (non-hydrogen) atoms. The molecule has 144 valence electrons. The van der Waals surface area contributed by atoms with Gasteiger partial charge in [-0.1, -0.05) is 12.1 Å². The van der Waals surface area contributed by atoms with Crippen LogP contribution < -0.4 is 0 Å².